The van der Waals surface area contributed by atoms with Crippen LogP contribution in [0.5, 0.6) is 0 Å². The number of rotatable bonds is 1. The Balaban J connectivity index is 2.50. The van der Waals surface area contributed by atoms with E-state index in [0.717, 1.165) is 12.8 Å². The first-order valence-corrected chi connectivity index (χ1v) is 5.75. The number of aliphatic carboxylic acids is 1. The number of carboxylic acids is 1. The highest BCUT2D eigenvalue weighted by Gasteiger charge is 2.40. The highest BCUT2D eigenvalue weighted by Crippen LogP contribution is 2.41. The molecule has 0 radical (unpaired) electrons. The van der Waals surface area contributed by atoms with Gasteiger partial charge in [0.05, 0.1) is 5.92 Å². The van der Waals surface area contributed by atoms with Crippen molar-refractivity contribution < 1.29 is 9.90 Å². The van der Waals surface area contributed by atoms with Gasteiger partial charge in [0.2, 0.25) is 0 Å². The summed E-state index contributed by atoms with van der Waals surface area (Å²) in [5, 5.41) is 9.25. The fraction of sp³-hybridized carbons (Fsp3) is 0.500. The Bertz CT molecular complexity index is 432. The second-order valence-corrected chi connectivity index (χ2v) is 5.31. The van der Waals surface area contributed by atoms with Gasteiger partial charge in [-0.25, -0.2) is 0 Å². The van der Waals surface area contributed by atoms with Gasteiger partial charge in [-0.3, -0.25) is 4.79 Å². The Labute approximate surface area is 96.3 Å². The predicted octanol–water partition coefficient (Wildman–Crippen LogP) is 2.92. The monoisotopic (exact) mass is 218 g/mol. The van der Waals surface area contributed by atoms with Gasteiger partial charge in [-0.05, 0) is 30.9 Å². The van der Waals surface area contributed by atoms with E-state index in [2.05, 4.69) is 25.1 Å². The smallest absolute Gasteiger partial charge is 0.307 e. The van der Waals surface area contributed by atoms with Gasteiger partial charge in [-0.2, -0.15) is 0 Å². The summed E-state index contributed by atoms with van der Waals surface area (Å²) in [7, 11) is 0. The van der Waals surface area contributed by atoms with Crippen LogP contribution in [0.15, 0.2) is 18.2 Å². The minimum Gasteiger partial charge on any atom is -0.481 e. The van der Waals surface area contributed by atoms with Gasteiger partial charge < -0.3 is 5.11 Å². The largest absolute Gasteiger partial charge is 0.481 e. The van der Waals surface area contributed by atoms with Crippen molar-refractivity contribution in [3.8, 4) is 0 Å². The Hall–Kier alpha value is -1.31. The third kappa shape index (κ3) is 1.62. The first-order valence-electron chi connectivity index (χ1n) is 5.75. The van der Waals surface area contributed by atoms with Crippen LogP contribution in [0.3, 0.4) is 0 Å². The highest BCUT2D eigenvalue weighted by molar-refractivity contribution is 5.73. The number of hydrogen-bond acceptors (Lipinski definition) is 1. The van der Waals surface area contributed by atoms with E-state index >= 15 is 0 Å². The molecule has 1 aliphatic carbocycles. The SMILES string of the molecule is Cc1ccc2c(c1)CCC(C(=O)O)C2(C)C. The molecule has 0 bridgehead atoms. The van der Waals surface area contributed by atoms with Gasteiger partial charge in [0.1, 0.15) is 0 Å². The first-order chi connectivity index (χ1) is 7.43. The van der Waals surface area contributed by atoms with Crippen molar-refractivity contribution in [2.45, 2.75) is 39.0 Å². The van der Waals surface area contributed by atoms with Crippen molar-refractivity contribution in [3.05, 3.63) is 34.9 Å². The molecular weight excluding hydrogens is 200 g/mol. The zero-order chi connectivity index (χ0) is 11.9. The van der Waals surface area contributed by atoms with Crippen LogP contribution in [-0.2, 0) is 16.6 Å². The summed E-state index contributed by atoms with van der Waals surface area (Å²) < 4.78 is 0. The number of aryl methyl sites for hydroxylation is 2. The molecule has 0 fully saturated rings. The van der Waals surface area contributed by atoms with Crippen molar-refractivity contribution in [1.82, 2.24) is 0 Å². The molecule has 1 N–H and O–H groups in total. The standard InChI is InChI=1S/C14H18O2/c1-9-4-6-11-10(8-9)5-7-12(13(15)16)14(11,2)3/h4,6,8,12H,5,7H2,1-3H3,(H,15,16). The summed E-state index contributed by atoms with van der Waals surface area (Å²) in [5.41, 5.74) is 3.52. The molecule has 0 amide bonds. The van der Waals surface area contributed by atoms with Gasteiger partial charge in [-0.1, -0.05) is 37.6 Å². The topological polar surface area (TPSA) is 37.3 Å². The predicted molar refractivity (Wildman–Crippen MR) is 63.7 cm³/mol. The Morgan fingerprint density at radius 2 is 2.12 bits per heavy atom. The van der Waals surface area contributed by atoms with Crippen LogP contribution in [0.2, 0.25) is 0 Å². The number of carboxylic acid groups (broad SMARTS) is 1. The Morgan fingerprint density at radius 1 is 1.44 bits per heavy atom. The van der Waals surface area contributed by atoms with Crippen LogP contribution in [0, 0.1) is 12.8 Å². The van der Waals surface area contributed by atoms with Crippen molar-refractivity contribution in [3.63, 3.8) is 0 Å². The molecule has 0 saturated heterocycles. The second kappa shape index (κ2) is 3.62. The lowest BCUT2D eigenvalue weighted by atomic mass is 9.65. The molecule has 1 unspecified atom stereocenters. The maximum absolute atomic E-state index is 11.2. The maximum Gasteiger partial charge on any atom is 0.307 e. The molecule has 0 heterocycles. The van der Waals surface area contributed by atoms with Crippen LogP contribution in [0.25, 0.3) is 0 Å². The van der Waals surface area contributed by atoms with Crippen LogP contribution < -0.4 is 0 Å². The number of carbonyl (C=O) groups is 1. The molecule has 0 aromatic heterocycles. The summed E-state index contributed by atoms with van der Waals surface area (Å²) in [4.78, 5) is 11.2. The van der Waals surface area contributed by atoms with Gasteiger partial charge in [0.25, 0.3) is 0 Å². The molecule has 2 nitrogen and oxygen atoms in total. The third-order valence-electron chi connectivity index (χ3n) is 3.83. The van der Waals surface area contributed by atoms with Crippen molar-refractivity contribution >= 4 is 5.97 Å². The molecule has 86 valence electrons. The molecular formula is C14H18O2. The quantitative estimate of drug-likeness (QED) is 0.787. The van der Waals surface area contributed by atoms with Crippen molar-refractivity contribution in [1.29, 1.82) is 0 Å². The van der Waals surface area contributed by atoms with E-state index in [9.17, 15) is 9.90 Å². The number of fused-ring (bicyclic) bond motifs is 1. The lowest BCUT2D eigenvalue weighted by Gasteiger charge is -2.38. The lowest BCUT2D eigenvalue weighted by molar-refractivity contribution is -0.144. The second-order valence-electron chi connectivity index (χ2n) is 5.31. The third-order valence-corrected chi connectivity index (χ3v) is 3.83. The Morgan fingerprint density at radius 3 is 2.75 bits per heavy atom. The normalized spacial score (nSPS) is 22.6. The Kier molecular flexibility index (Phi) is 2.53. The molecule has 2 rings (SSSR count). The molecule has 1 aromatic rings. The van der Waals surface area contributed by atoms with E-state index in [1.165, 1.54) is 16.7 Å². The molecule has 1 aliphatic rings. The van der Waals surface area contributed by atoms with Crippen molar-refractivity contribution in [2.24, 2.45) is 5.92 Å². The van der Waals surface area contributed by atoms with Gasteiger partial charge >= 0.3 is 5.97 Å². The average Bonchev–Trinajstić information content (AvgIpc) is 2.15. The van der Waals surface area contributed by atoms with Gasteiger partial charge in [0, 0.05) is 5.41 Å². The number of hydrogen-bond donors (Lipinski definition) is 1. The van der Waals surface area contributed by atoms with Crippen LogP contribution in [0.1, 0.15) is 37.0 Å². The van der Waals surface area contributed by atoms with Gasteiger partial charge in [-0.15, -0.1) is 0 Å². The minimum atomic E-state index is -0.670. The van der Waals surface area contributed by atoms with Crippen LogP contribution in [-0.4, -0.2) is 11.1 Å². The molecule has 0 saturated carbocycles. The fourth-order valence-electron chi connectivity index (χ4n) is 2.84. The molecule has 1 atom stereocenters. The summed E-state index contributed by atoms with van der Waals surface area (Å²) in [6.07, 6.45) is 1.64. The van der Waals surface area contributed by atoms with Gasteiger partial charge in [0.15, 0.2) is 0 Å². The van der Waals surface area contributed by atoms with Crippen molar-refractivity contribution in [2.75, 3.05) is 0 Å². The summed E-state index contributed by atoms with van der Waals surface area (Å²) in [5.74, 6) is -0.932. The molecule has 0 aliphatic heterocycles. The summed E-state index contributed by atoms with van der Waals surface area (Å²) >= 11 is 0. The van der Waals surface area contributed by atoms with E-state index in [0.29, 0.717) is 0 Å². The van der Waals surface area contributed by atoms with Crippen LogP contribution in [0.4, 0.5) is 0 Å². The van der Waals surface area contributed by atoms with E-state index in [1.54, 1.807) is 0 Å². The van der Waals surface area contributed by atoms with Crippen LogP contribution >= 0.6 is 0 Å². The molecule has 2 heteroatoms. The molecule has 1 aromatic carbocycles. The molecule has 0 spiro atoms. The maximum atomic E-state index is 11.2. The minimum absolute atomic E-state index is 0.257. The molecule has 16 heavy (non-hydrogen) atoms. The zero-order valence-electron chi connectivity index (χ0n) is 10.1. The average molecular weight is 218 g/mol. The lowest BCUT2D eigenvalue weighted by Crippen LogP contribution is -2.39. The highest BCUT2D eigenvalue weighted by atomic mass is 16.4. The number of benzene rings is 1. The summed E-state index contributed by atoms with van der Waals surface area (Å²) in [6, 6.07) is 6.36. The zero-order valence-corrected chi connectivity index (χ0v) is 10.1. The van der Waals surface area contributed by atoms with E-state index in [4.69, 9.17) is 0 Å². The van der Waals surface area contributed by atoms with E-state index in [1.807, 2.05) is 13.8 Å². The summed E-state index contributed by atoms with van der Waals surface area (Å²) in [6.45, 7) is 6.16. The van der Waals surface area contributed by atoms with E-state index < -0.39 is 5.97 Å². The van der Waals surface area contributed by atoms with E-state index in [-0.39, 0.29) is 11.3 Å². The fourth-order valence-corrected chi connectivity index (χ4v) is 2.84. The first kappa shape index (κ1) is 11.2.